The van der Waals surface area contributed by atoms with E-state index in [-0.39, 0.29) is 11.0 Å². The van der Waals surface area contributed by atoms with Gasteiger partial charge in [-0.05, 0) is 31.1 Å². The van der Waals surface area contributed by atoms with Crippen LogP contribution < -0.4 is 5.73 Å². The molecule has 0 aliphatic rings. The van der Waals surface area contributed by atoms with E-state index < -0.39 is 0 Å². The minimum Gasteiger partial charge on any atom is -0.493 e. The molecule has 0 fully saturated rings. The molecule has 1 aromatic heterocycles. The van der Waals surface area contributed by atoms with Crippen LogP contribution in [0, 0.1) is 0 Å². The van der Waals surface area contributed by atoms with Crippen molar-refractivity contribution in [2.45, 2.75) is 19.4 Å². The number of hydrogen-bond donors (Lipinski definition) is 2. The summed E-state index contributed by atoms with van der Waals surface area (Å²) in [6.07, 6.45) is 1.76. The van der Waals surface area contributed by atoms with Gasteiger partial charge in [-0.3, -0.25) is 0 Å². The SMILES string of the molecule is NC(=S)N=Nc1c(O)n(CCCCCl)c2ccccc12. The van der Waals surface area contributed by atoms with Gasteiger partial charge in [0.1, 0.15) is 0 Å². The number of benzene rings is 1. The zero-order valence-electron chi connectivity index (χ0n) is 10.8. The third-order valence-electron chi connectivity index (χ3n) is 2.93. The molecule has 0 saturated heterocycles. The van der Waals surface area contributed by atoms with E-state index in [4.69, 9.17) is 17.3 Å². The van der Waals surface area contributed by atoms with Gasteiger partial charge in [-0.2, -0.15) is 0 Å². The molecule has 0 bridgehead atoms. The first kappa shape index (κ1) is 14.7. The maximum absolute atomic E-state index is 10.3. The van der Waals surface area contributed by atoms with Gasteiger partial charge >= 0.3 is 0 Å². The van der Waals surface area contributed by atoms with Crippen LogP contribution in [0.1, 0.15) is 12.8 Å². The number of unbranched alkanes of at least 4 members (excludes halogenated alkanes) is 1. The second-order valence-electron chi connectivity index (χ2n) is 4.28. The quantitative estimate of drug-likeness (QED) is 0.383. The minimum absolute atomic E-state index is 0.0663. The van der Waals surface area contributed by atoms with Gasteiger partial charge in [-0.15, -0.1) is 21.8 Å². The Morgan fingerprint density at radius 3 is 2.80 bits per heavy atom. The lowest BCUT2D eigenvalue weighted by molar-refractivity contribution is 0.418. The normalized spacial score (nSPS) is 11.4. The van der Waals surface area contributed by atoms with Crippen LogP contribution in [0.4, 0.5) is 5.69 Å². The predicted octanol–water partition coefficient (Wildman–Crippen LogP) is 3.69. The molecule has 7 heteroatoms. The number of thiocarbonyl (C=S) groups is 1. The first-order valence-corrected chi connectivity index (χ1v) is 7.16. The fourth-order valence-corrected chi connectivity index (χ4v) is 2.29. The van der Waals surface area contributed by atoms with Crippen molar-refractivity contribution >= 4 is 45.5 Å². The molecule has 0 unspecified atom stereocenters. The largest absolute Gasteiger partial charge is 0.493 e. The topological polar surface area (TPSA) is 75.9 Å². The number of fused-ring (bicyclic) bond motifs is 1. The number of nitrogens with two attached hydrogens (primary N) is 1. The highest BCUT2D eigenvalue weighted by molar-refractivity contribution is 7.80. The van der Waals surface area contributed by atoms with Crippen molar-refractivity contribution in [1.82, 2.24) is 4.57 Å². The van der Waals surface area contributed by atoms with Crippen LogP contribution in [0.3, 0.4) is 0 Å². The van der Waals surface area contributed by atoms with Crippen LogP contribution in [-0.4, -0.2) is 20.7 Å². The number of aromatic nitrogens is 1. The maximum Gasteiger partial charge on any atom is 0.220 e. The highest BCUT2D eigenvalue weighted by Gasteiger charge is 2.15. The van der Waals surface area contributed by atoms with Crippen LogP contribution in [0.2, 0.25) is 0 Å². The Kier molecular flexibility index (Phi) is 4.92. The summed E-state index contributed by atoms with van der Waals surface area (Å²) in [5.74, 6) is 0.675. The van der Waals surface area contributed by atoms with Crippen molar-refractivity contribution in [2.75, 3.05) is 5.88 Å². The fraction of sp³-hybridized carbons (Fsp3) is 0.308. The lowest BCUT2D eigenvalue weighted by atomic mass is 10.2. The van der Waals surface area contributed by atoms with E-state index in [2.05, 4.69) is 22.4 Å². The Labute approximate surface area is 127 Å². The zero-order chi connectivity index (χ0) is 14.5. The minimum atomic E-state index is -0.0663. The average Bonchev–Trinajstić information content (AvgIpc) is 2.70. The molecule has 0 radical (unpaired) electrons. The predicted molar refractivity (Wildman–Crippen MR) is 84.9 cm³/mol. The molecule has 2 aromatic rings. The third kappa shape index (κ3) is 3.08. The highest BCUT2D eigenvalue weighted by atomic mass is 35.5. The van der Waals surface area contributed by atoms with Crippen LogP contribution in [0.5, 0.6) is 5.88 Å². The lowest BCUT2D eigenvalue weighted by Gasteiger charge is -2.05. The number of azo groups is 1. The third-order valence-corrected chi connectivity index (χ3v) is 3.28. The van der Waals surface area contributed by atoms with Crippen molar-refractivity contribution in [3.8, 4) is 5.88 Å². The average molecular weight is 311 g/mol. The summed E-state index contributed by atoms with van der Waals surface area (Å²) in [6.45, 7) is 0.668. The van der Waals surface area contributed by atoms with Crippen molar-refractivity contribution in [2.24, 2.45) is 16.0 Å². The molecule has 3 N–H and O–H groups in total. The zero-order valence-corrected chi connectivity index (χ0v) is 12.4. The summed E-state index contributed by atoms with van der Waals surface area (Å²) in [5, 5.41) is 18.7. The molecular weight excluding hydrogens is 296 g/mol. The van der Waals surface area contributed by atoms with Crippen LogP contribution in [0.25, 0.3) is 10.9 Å². The van der Waals surface area contributed by atoms with Gasteiger partial charge in [0.05, 0.1) is 5.52 Å². The van der Waals surface area contributed by atoms with E-state index in [1.807, 2.05) is 24.3 Å². The Balaban J connectivity index is 2.46. The molecule has 0 aliphatic carbocycles. The number of aromatic hydroxyl groups is 1. The molecule has 0 amide bonds. The van der Waals surface area contributed by atoms with E-state index in [9.17, 15) is 5.11 Å². The summed E-state index contributed by atoms with van der Waals surface area (Å²) in [6, 6.07) is 7.59. The fourth-order valence-electron chi connectivity index (χ4n) is 2.06. The van der Waals surface area contributed by atoms with Crippen molar-refractivity contribution in [3.05, 3.63) is 24.3 Å². The van der Waals surface area contributed by atoms with Crippen molar-refractivity contribution in [3.63, 3.8) is 0 Å². The van der Waals surface area contributed by atoms with E-state index >= 15 is 0 Å². The number of hydrogen-bond acceptors (Lipinski definition) is 3. The Hall–Kier alpha value is -1.66. The summed E-state index contributed by atoms with van der Waals surface area (Å²) < 4.78 is 1.80. The molecule has 1 aromatic carbocycles. The van der Waals surface area contributed by atoms with Gasteiger partial charge in [0.2, 0.25) is 11.0 Å². The second kappa shape index (κ2) is 6.67. The second-order valence-corrected chi connectivity index (χ2v) is 5.07. The van der Waals surface area contributed by atoms with E-state index in [0.717, 1.165) is 23.7 Å². The number of para-hydroxylation sites is 1. The molecule has 0 saturated carbocycles. The Morgan fingerprint density at radius 2 is 2.10 bits per heavy atom. The summed E-state index contributed by atoms with van der Waals surface area (Å²) >= 11 is 10.3. The molecule has 2 rings (SSSR count). The maximum atomic E-state index is 10.3. The Bertz CT molecular complexity index is 653. The van der Waals surface area contributed by atoms with Crippen LogP contribution >= 0.6 is 23.8 Å². The smallest absolute Gasteiger partial charge is 0.220 e. The molecular formula is C13H15ClN4OS. The number of nitrogens with zero attached hydrogens (tertiary/aromatic N) is 3. The first-order chi connectivity index (χ1) is 9.65. The first-order valence-electron chi connectivity index (χ1n) is 6.22. The van der Waals surface area contributed by atoms with Gasteiger partial charge in [0.25, 0.3) is 0 Å². The Morgan fingerprint density at radius 1 is 1.35 bits per heavy atom. The molecule has 0 spiro atoms. The molecule has 20 heavy (non-hydrogen) atoms. The highest BCUT2D eigenvalue weighted by Crippen LogP contribution is 2.38. The number of rotatable bonds is 5. The molecule has 5 nitrogen and oxygen atoms in total. The van der Waals surface area contributed by atoms with Gasteiger partial charge < -0.3 is 15.4 Å². The van der Waals surface area contributed by atoms with Crippen LogP contribution in [0.15, 0.2) is 34.5 Å². The van der Waals surface area contributed by atoms with Gasteiger partial charge in [0.15, 0.2) is 5.69 Å². The van der Waals surface area contributed by atoms with E-state index in [1.165, 1.54) is 0 Å². The number of halogens is 1. The molecule has 106 valence electrons. The van der Waals surface area contributed by atoms with Gasteiger partial charge in [-0.25, -0.2) is 0 Å². The van der Waals surface area contributed by atoms with E-state index in [1.54, 1.807) is 4.57 Å². The molecule has 0 atom stereocenters. The van der Waals surface area contributed by atoms with Crippen molar-refractivity contribution < 1.29 is 5.11 Å². The summed E-state index contributed by atoms with van der Waals surface area (Å²) in [5.41, 5.74) is 6.60. The van der Waals surface area contributed by atoms with E-state index in [0.29, 0.717) is 18.1 Å². The monoisotopic (exact) mass is 310 g/mol. The van der Waals surface area contributed by atoms with Gasteiger partial charge in [0, 0.05) is 17.8 Å². The molecule has 1 heterocycles. The molecule has 0 aliphatic heterocycles. The van der Waals surface area contributed by atoms with Gasteiger partial charge in [-0.1, -0.05) is 18.2 Å². The number of aryl methyl sites for hydroxylation is 1. The van der Waals surface area contributed by atoms with Crippen molar-refractivity contribution in [1.29, 1.82) is 0 Å². The van der Waals surface area contributed by atoms with Crippen LogP contribution in [-0.2, 0) is 6.54 Å². The number of alkyl halides is 1. The summed E-state index contributed by atoms with van der Waals surface area (Å²) in [7, 11) is 0. The standard InChI is InChI=1S/C13H15ClN4OS/c14-7-3-4-8-18-10-6-2-1-5-9(10)11(12(18)19)16-17-13(15)20/h1-2,5-6,19H,3-4,7-8H2,(H2,15,20). The summed E-state index contributed by atoms with van der Waals surface area (Å²) in [4.78, 5) is 0. The lowest BCUT2D eigenvalue weighted by Crippen LogP contribution is -2.01.